The van der Waals surface area contributed by atoms with Crippen molar-refractivity contribution in [1.82, 2.24) is 9.88 Å². The predicted octanol–water partition coefficient (Wildman–Crippen LogP) is 0.476. The maximum atomic E-state index is 12.0. The summed E-state index contributed by atoms with van der Waals surface area (Å²) in [5, 5.41) is 0. The third kappa shape index (κ3) is 4.01. The van der Waals surface area contributed by atoms with E-state index in [1.807, 2.05) is 6.92 Å². The highest BCUT2D eigenvalue weighted by atomic mass is 16.5. The van der Waals surface area contributed by atoms with Gasteiger partial charge in [0, 0.05) is 32.0 Å². The molecule has 1 aromatic heterocycles. The van der Waals surface area contributed by atoms with Crippen LogP contribution in [-0.4, -0.2) is 42.6 Å². The number of hydrogen-bond acceptors (Lipinski definition) is 5. The van der Waals surface area contributed by atoms with Gasteiger partial charge in [-0.2, -0.15) is 0 Å². The lowest BCUT2D eigenvalue weighted by Crippen LogP contribution is -2.30. The van der Waals surface area contributed by atoms with Crippen LogP contribution in [0, 0.1) is 0 Å². The summed E-state index contributed by atoms with van der Waals surface area (Å²) in [6, 6.07) is 3.26. The number of nitrogens with zero attached hydrogens (tertiary/aromatic N) is 2. The molecule has 0 aliphatic carbocycles. The van der Waals surface area contributed by atoms with Crippen LogP contribution >= 0.6 is 0 Å². The quantitative estimate of drug-likeness (QED) is 0.428. The molecule has 0 aromatic carbocycles. The Labute approximate surface area is 101 Å². The summed E-state index contributed by atoms with van der Waals surface area (Å²) < 4.78 is 5.20. The van der Waals surface area contributed by atoms with E-state index in [0.717, 1.165) is 0 Å². The van der Waals surface area contributed by atoms with Gasteiger partial charge in [0.25, 0.3) is 5.91 Å². The molecule has 0 unspecified atom stereocenters. The number of amides is 1. The number of nitrogens with one attached hydrogen (secondary N) is 1. The van der Waals surface area contributed by atoms with Crippen molar-refractivity contribution in [1.29, 1.82) is 0 Å². The number of aromatic nitrogens is 1. The van der Waals surface area contributed by atoms with Crippen molar-refractivity contribution in [2.45, 2.75) is 6.92 Å². The van der Waals surface area contributed by atoms with Gasteiger partial charge in [0.2, 0.25) is 0 Å². The van der Waals surface area contributed by atoms with E-state index in [9.17, 15) is 4.79 Å². The minimum Gasteiger partial charge on any atom is -0.380 e. The minimum absolute atomic E-state index is 0.0800. The Kier molecular flexibility index (Phi) is 5.38. The molecule has 0 bridgehead atoms. The monoisotopic (exact) mass is 238 g/mol. The Morgan fingerprint density at radius 3 is 3.06 bits per heavy atom. The number of rotatable bonds is 6. The molecule has 0 saturated carbocycles. The summed E-state index contributed by atoms with van der Waals surface area (Å²) in [5.74, 6) is 5.62. The van der Waals surface area contributed by atoms with Crippen LogP contribution in [0.3, 0.4) is 0 Å². The zero-order chi connectivity index (χ0) is 12.7. The molecule has 0 radical (unpaired) electrons. The first-order chi connectivity index (χ1) is 8.19. The van der Waals surface area contributed by atoms with Crippen molar-refractivity contribution in [3.05, 3.63) is 23.9 Å². The minimum atomic E-state index is -0.0800. The zero-order valence-corrected chi connectivity index (χ0v) is 10.1. The van der Waals surface area contributed by atoms with E-state index in [1.54, 1.807) is 30.3 Å². The average Bonchev–Trinajstić information content (AvgIpc) is 2.38. The van der Waals surface area contributed by atoms with Gasteiger partial charge in [-0.25, -0.2) is 10.8 Å². The summed E-state index contributed by atoms with van der Waals surface area (Å²) >= 11 is 0. The van der Waals surface area contributed by atoms with Gasteiger partial charge in [0.1, 0.15) is 5.82 Å². The fourth-order valence-electron chi connectivity index (χ4n) is 1.31. The second-order valence-electron chi connectivity index (χ2n) is 3.50. The summed E-state index contributed by atoms with van der Waals surface area (Å²) in [7, 11) is 1.73. The summed E-state index contributed by atoms with van der Waals surface area (Å²) in [4.78, 5) is 17.5. The van der Waals surface area contributed by atoms with Crippen molar-refractivity contribution in [2.24, 2.45) is 5.84 Å². The normalized spacial score (nSPS) is 10.1. The van der Waals surface area contributed by atoms with Gasteiger partial charge in [-0.3, -0.25) is 4.79 Å². The molecule has 0 fully saturated rings. The van der Waals surface area contributed by atoms with E-state index < -0.39 is 0 Å². The van der Waals surface area contributed by atoms with Gasteiger partial charge in [-0.05, 0) is 19.1 Å². The second-order valence-corrected chi connectivity index (χ2v) is 3.50. The lowest BCUT2D eigenvalue weighted by Gasteiger charge is -2.17. The van der Waals surface area contributed by atoms with Crippen molar-refractivity contribution in [3.8, 4) is 0 Å². The first-order valence-corrected chi connectivity index (χ1v) is 5.45. The molecule has 1 rings (SSSR count). The molecule has 0 spiro atoms. The predicted molar refractivity (Wildman–Crippen MR) is 65.5 cm³/mol. The van der Waals surface area contributed by atoms with E-state index in [1.165, 1.54) is 0 Å². The second kappa shape index (κ2) is 6.82. The summed E-state index contributed by atoms with van der Waals surface area (Å²) in [6.45, 7) is 3.66. The van der Waals surface area contributed by atoms with Crippen molar-refractivity contribution in [3.63, 3.8) is 0 Å². The Morgan fingerprint density at radius 2 is 2.41 bits per heavy atom. The molecular formula is C11H18N4O2. The number of carbonyl (C=O) groups excluding carboxylic acids is 1. The van der Waals surface area contributed by atoms with Crippen molar-refractivity contribution >= 4 is 11.7 Å². The van der Waals surface area contributed by atoms with E-state index >= 15 is 0 Å². The van der Waals surface area contributed by atoms with Gasteiger partial charge >= 0.3 is 0 Å². The molecule has 0 aliphatic heterocycles. The number of nitrogens with two attached hydrogens (primary N) is 1. The van der Waals surface area contributed by atoms with Crippen LogP contribution in [0.1, 0.15) is 17.3 Å². The highest BCUT2D eigenvalue weighted by Gasteiger charge is 2.11. The SMILES string of the molecule is CCOCCN(C)C(=O)c1ccnc(NN)c1. The van der Waals surface area contributed by atoms with E-state index in [4.69, 9.17) is 10.6 Å². The Balaban J connectivity index is 2.61. The smallest absolute Gasteiger partial charge is 0.253 e. The van der Waals surface area contributed by atoms with Gasteiger partial charge < -0.3 is 15.1 Å². The van der Waals surface area contributed by atoms with Crippen LogP contribution in [-0.2, 0) is 4.74 Å². The molecular weight excluding hydrogens is 220 g/mol. The molecule has 0 saturated heterocycles. The Hall–Kier alpha value is -1.66. The molecule has 6 heteroatoms. The van der Waals surface area contributed by atoms with Crippen LogP contribution in [0.15, 0.2) is 18.3 Å². The molecule has 1 amide bonds. The molecule has 1 aromatic rings. The lowest BCUT2D eigenvalue weighted by molar-refractivity contribution is 0.0710. The molecule has 94 valence electrons. The van der Waals surface area contributed by atoms with Gasteiger partial charge in [-0.15, -0.1) is 0 Å². The lowest BCUT2D eigenvalue weighted by atomic mass is 10.2. The first kappa shape index (κ1) is 13.4. The molecule has 6 nitrogen and oxygen atoms in total. The molecule has 0 atom stereocenters. The standard InChI is InChI=1S/C11H18N4O2/c1-3-17-7-6-15(2)11(16)9-4-5-13-10(8-9)14-12/h4-5,8H,3,6-7,12H2,1-2H3,(H,13,14). The Morgan fingerprint density at radius 1 is 1.65 bits per heavy atom. The number of carbonyl (C=O) groups is 1. The third-order valence-corrected chi connectivity index (χ3v) is 2.28. The number of nitrogen functional groups attached to an aromatic ring is 1. The average molecular weight is 238 g/mol. The van der Waals surface area contributed by atoms with E-state index in [0.29, 0.717) is 31.1 Å². The van der Waals surface area contributed by atoms with E-state index in [2.05, 4.69) is 10.4 Å². The number of ether oxygens (including phenoxy) is 1. The van der Waals surface area contributed by atoms with Gasteiger partial charge in [0.15, 0.2) is 0 Å². The van der Waals surface area contributed by atoms with Crippen LogP contribution in [0.25, 0.3) is 0 Å². The highest BCUT2D eigenvalue weighted by molar-refractivity contribution is 5.94. The van der Waals surface area contributed by atoms with Gasteiger partial charge in [0.05, 0.1) is 6.61 Å². The number of pyridine rings is 1. The van der Waals surface area contributed by atoms with Crippen molar-refractivity contribution in [2.75, 3.05) is 32.2 Å². The molecule has 17 heavy (non-hydrogen) atoms. The maximum Gasteiger partial charge on any atom is 0.253 e. The first-order valence-electron chi connectivity index (χ1n) is 5.45. The molecule has 1 heterocycles. The van der Waals surface area contributed by atoms with Crippen molar-refractivity contribution < 1.29 is 9.53 Å². The molecule has 0 aliphatic rings. The zero-order valence-electron chi connectivity index (χ0n) is 10.1. The fraction of sp³-hybridized carbons (Fsp3) is 0.455. The maximum absolute atomic E-state index is 12.0. The summed E-state index contributed by atoms with van der Waals surface area (Å²) in [6.07, 6.45) is 1.54. The largest absolute Gasteiger partial charge is 0.380 e. The number of hydrogen-bond donors (Lipinski definition) is 2. The fourth-order valence-corrected chi connectivity index (χ4v) is 1.31. The van der Waals surface area contributed by atoms with Crippen LogP contribution in [0.4, 0.5) is 5.82 Å². The highest BCUT2D eigenvalue weighted by Crippen LogP contribution is 2.07. The number of hydrazine groups is 1. The van der Waals surface area contributed by atoms with Crippen LogP contribution < -0.4 is 11.3 Å². The number of anilines is 1. The van der Waals surface area contributed by atoms with E-state index in [-0.39, 0.29) is 5.91 Å². The topological polar surface area (TPSA) is 80.5 Å². The van der Waals surface area contributed by atoms with Crippen LogP contribution in [0.2, 0.25) is 0 Å². The third-order valence-electron chi connectivity index (χ3n) is 2.28. The number of likely N-dealkylation sites (N-methyl/N-ethyl adjacent to an activating group) is 1. The summed E-state index contributed by atoms with van der Waals surface area (Å²) in [5.41, 5.74) is 2.96. The van der Waals surface area contributed by atoms with Crippen LogP contribution in [0.5, 0.6) is 0 Å². The van der Waals surface area contributed by atoms with Gasteiger partial charge in [-0.1, -0.05) is 0 Å². The Bertz CT molecular complexity index is 370. The molecule has 3 N–H and O–H groups in total.